The number of likely N-dealkylation sites (tertiary alicyclic amines) is 1. The van der Waals surface area contributed by atoms with Gasteiger partial charge in [0.1, 0.15) is 0 Å². The fourth-order valence-corrected chi connectivity index (χ4v) is 3.87. The summed E-state index contributed by atoms with van der Waals surface area (Å²) in [6.07, 6.45) is 6.72. The monoisotopic (exact) mass is 238 g/mol. The lowest BCUT2D eigenvalue weighted by molar-refractivity contribution is 0.133. The zero-order chi connectivity index (χ0) is 12.4. The molecule has 0 aromatic heterocycles. The molecule has 1 aliphatic carbocycles. The fraction of sp³-hybridized carbons (Fsp3) is 1.00. The fourth-order valence-electron chi connectivity index (χ4n) is 3.87. The Morgan fingerprint density at radius 2 is 2.00 bits per heavy atom. The van der Waals surface area contributed by atoms with Crippen molar-refractivity contribution in [2.24, 2.45) is 23.5 Å². The number of hydrogen-bond donors (Lipinski definition) is 1. The Labute approximate surface area is 107 Å². The van der Waals surface area contributed by atoms with Gasteiger partial charge < -0.3 is 5.73 Å². The molecule has 2 fully saturated rings. The SMILES string of the molecule is CC1CCC(N)C(CN2CCCC2C(C)C)C1. The van der Waals surface area contributed by atoms with E-state index in [2.05, 4.69) is 25.7 Å². The molecular weight excluding hydrogens is 208 g/mol. The van der Waals surface area contributed by atoms with Gasteiger partial charge in [-0.2, -0.15) is 0 Å². The summed E-state index contributed by atoms with van der Waals surface area (Å²) in [7, 11) is 0. The molecule has 2 rings (SSSR count). The van der Waals surface area contributed by atoms with Crippen LogP contribution in [0.25, 0.3) is 0 Å². The van der Waals surface area contributed by atoms with E-state index in [1.807, 2.05) is 0 Å². The highest BCUT2D eigenvalue weighted by molar-refractivity contribution is 4.88. The Hall–Kier alpha value is -0.0800. The maximum Gasteiger partial charge on any atom is 0.0119 e. The third kappa shape index (κ3) is 3.23. The van der Waals surface area contributed by atoms with Crippen LogP contribution in [0.5, 0.6) is 0 Å². The van der Waals surface area contributed by atoms with Gasteiger partial charge in [0, 0.05) is 18.6 Å². The van der Waals surface area contributed by atoms with E-state index in [9.17, 15) is 0 Å². The third-order valence-electron chi connectivity index (χ3n) is 4.96. The second-order valence-corrected chi connectivity index (χ2v) is 6.79. The molecule has 0 aromatic carbocycles. The predicted molar refractivity (Wildman–Crippen MR) is 73.9 cm³/mol. The van der Waals surface area contributed by atoms with Crippen molar-refractivity contribution < 1.29 is 0 Å². The zero-order valence-corrected chi connectivity index (χ0v) is 11.9. The lowest BCUT2D eigenvalue weighted by atomic mass is 9.79. The van der Waals surface area contributed by atoms with Crippen molar-refractivity contribution in [3.8, 4) is 0 Å². The third-order valence-corrected chi connectivity index (χ3v) is 4.96. The Kier molecular flexibility index (Phi) is 4.48. The van der Waals surface area contributed by atoms with E-state index in [1.54, 1.807) is 0 Å². The summed E-state index contributed by atoms with van der Waals surface area (Å²) >= 11 is 0. The van der Waals surface area contributed by atoms with E-state index in [-0.39, 0.29) is 0 Å². The summed E-state index contributed by atoms with van der Waals surface area (Å²) in [6, 6.07) is 1.28. The molecule has 2 heteroatoms. The molecule has 0 aromatic rings. The first kappa shape index (κ1) is 13.4. The van der Waals surface area contributed by atoms with Crippen molar-refractivity contribution in [3.05, 3.63) is 0 Å². The molecule has 1 aliphatic heterocycles. The minimum absolute atomic E-state index is 0.458. The van der Waals surface area contributed by atoms with Crippen molar-refractivity contribution in [1.82, 2.24) is 4.90 Å². The first-order valence-electron chi connectivity index (χ1n) is 7.57. The van der Waals surface area contributed by atoms with Crippen LogP contribution in [0.1, 0.15) is 52.9 Å². The van der Waals surface area contributed by atoms with E-state index < -0.39 is 0 Å². The molecule has 100 valence electrons. The average Bonchev–Trinajstić information content (AvgIpc) is 2.71. The maximum atomic E-state index is 6.31. The van der Waals surface area contributed by atoms with Crippen molar-refractivity contribution in [1.29, 1.82) is 0 Å². The highest BCUT2D eigenvalue weighted by Gasteiger charge is 2.32. The van der Waals surface area contributed by atoms with Gasteiger partial charge in [-0.1, -0.05) is 20.8 Å². The molecule has 1 heterocycles. The quantitative estimate of drug-likeness (QED) is 0.819. The second kappa shape index (κ2) is 5.71. The molecular formula is C15H30N2. The van der Waals surface area contributed by atoms with E-state index >= 15 is 0 Å². The van der Waals surface area contributed by atoms with Crippen LogP contribution in [-0.2, 0) is 0 Å². The summed E-state index contributed by atoms with van der Waals surface area (Å²) in [4.78, 5) is 2.73. The second-order valence-electron chi connectivity index (χ2n) is 6.79. The number of hydrogen-bond acceptors (Lipinski definition) is 2. The molecule has 0 spiro atoms. The van der Waals surface area contributed by atoms with Crippen LogP contribution in [-0.4, -0.2) is 30.1 Å². The van der Waals surface area contributed by atoms with Crippen molar-refractivity contribution in [3.63, 3.8) is 0 Å². The molecule has 4 unspecified atom stereocenters. The van der Waals surface area contributed by atoms with Crippen molar-refractivity contribution >= 4 is 0 Å². The summed E-state index contributed by atoms with van der Waals surface area (Å²) < 4.78 is 0. The van der Waals surface area contributed by atoms with Gasteiger partial charge in [0.25, 0.3) is 0 Å². The summed E-state index contributed by atoms with van der Waals surface area (Å²) in [6.45, 7) is 9.69. The summed E-state index contributed by atoms with van der Waals surface area (Å²) in [5.41, 5.74) is 6.31. The molecule has 2 nitrogen and oxygen atoms in total. The molecule has 0 radical (unpaired) electrons. The summed E-state index contributed by atoms with van der Waals surface area (Å²) in [5, 5.41) is 0. The van der Waals surface area contributed by atoms with Crippen LogP contribution in [0.4, 0.5) is 0 Å². The lowest BCUT2D eigenvalue weighted by Crippen LogP contribution is -2.45. The van der Waals surface area contributed by atoms with Crippen LogP contribution >= 0.6 is 0 Å². The molecule has 2 aliphatic rings. The molecule has 0 amide bonds. The van der Waals surface area contributed by atoms with Gasteiger partial charge >= 0.3 is 0 Å². The topological polar surface area (TPSA) is 29.3 Å². The minimum atomic E-state index is 0.458. The van der Waals surface area contributed by atoms with Crippen molar-refractivity contribution in [2.75, 3.05) is 13.1 Å². The first-order valence-corrected chi connectivity index (χ1v) is 7.57. The number of nitrogens with zero attached hydrogens (tertiary/aromatic N) is 1. The zero-order valence-electron chi connectivity index (χ0n) is 11.9. The highest BCUT2D eigenvalue weighted by atomic mass is 15.2. The smallest absolute Gasteiger partial charge is 0.0119 e. The molecule has 1 saturated heterocycles. The van der Waals surface area contributed by atoms with Gasteiger partial charge in [0.15, 0.2) is 0 Å². The Morgan fingerprint density at radius 3 is 2.71 bits per heavy atom. The van der Waals surface area contributed by atoms with E-state index in [0.29, 0.717) is 6.04 Å². The molecule has 2 N–H and O–H groups in total. The Bertz CT molecular complexity index is 239. The Morgan fingerprint density at radius 1 is 1.24 bits per heavy atom. The maximum absolute atomic E-state index is 6.31. The largest absolute Gasteiger partial charge is 0.327 e. The normalized spacial score (nSPS) is 40.1. The van der Waals surface area contributed by atoms with Crippen LogP contribution < -0.4 is 5.73 Å². The van der Waals surface area contributed by atoms with Gasteiger partial charge in [-0.25, -0.2) is 0 Å². The summed E-state index contributed by atoms with van der Waals surface area (Å²) in [5.74, 6) is 2.44. The van der Waals surface area contributed by atoms with Crippen LogP contribution in [0.3, 0.4) is 0 Å². The van der Waals surface area contributed by atoms with Crippen LogP contribution in [0.15, 0.2) is 0 Å². The van der Waals surface area contributed by atoms with E-state index in [4.69, 9.17) is 5.73 Å². The van der Waals surface area contributed by atoms with Gasteiger partial charge in [-0.05, 0) is 56.4 Å². The number of nitrogens with two attached hydrogens (primary N) is 1. The van der Waals surface area contributed by atoms with Crippen LogP contribution in [0.2, 0.25) is 0 Å². The molecule has 1 saturated carbocycles. The van der Waals surface area contributed by atoms with E-state index in [1.165, 1.54) is 45.2 Å². The minimum Gasteiger partial charge on any atom is -0.327 e. The molecule has 0 bridgehead atoms. The predicted octanol–water partition coefficient (Wildman–Crippen LogP) is 2.87. The van der Waals surface area contributed by atoms with Gasteiger partial charge in [-0.3, -0.25) is 4.90 Å². The van der Waals surface area contributed by atoms with Gasteiger partial charge in [-0.15, -0.1) is 0 Å². The van der Waals surface area contributed by atoms with Gasteiger partial charge in [0.05, 0.1) is 0 Å². The Balaban J connectivity index is 1.90. The molecule has 4 atom stereocenters. The van der Waals surface area contributed by atoms with E-state index in [0.717, 1.165) is 23.8 Å². The standard InChI is InChI=1S/C15H30N2/c1-11(2)15-5-4-8-17(15)10-13-9-12(3)6-7-14(13)16/h11-15H,4-10,16H2,1-3H3. The highest BCUT2D eigenvalue weighted by Crippen LogP contribution is 2.31. The number of rotatable bonds is 3. The van der Waals surface area contributed by atoms with Gasteiger partial charge in [0.2, 0.25) is 0 Å². The van der Waals surface area contributed by atoms with Crippen LogP contribution in [0, 0.1) is 17.8 Å². The average molecular weight is 238 g/mol. The first-order chi connectivity index (χ1) is 8.08. The molecule has 17 heavy (non-hydrogen) atoms. The van der Waals surface area contributed by atoms with Crippen molar-refractivity contribution in [2.45, 2.75) is 65.0 Å². The lowest BCUT2D eigenvalue weighted by Gasteiger charge is -2.37.